The summed E-state index contributed by atoms with van der Waals surface area (Å²) in [6, 6.07) is 0. The highest BCUT2D eigenvalue weighted by atomic mass is 16.5. The molecule has 1 fully saturated rings. The van der Waals surface area contributed by atoms with Gasteiger partial charge in [0, 0.05) is 25.7 Å². The predicted octanol–water partition coefficient (Wildman–Crippen LogP) is 1.58. The molecule has 0 aromatic carbocycles. The van der Waals surface area contributed by atoms with E-state index in [2.05, 4.69) is 12.2 Å². The van der Waals surface area contributed by atoms with Crippen LogP contribution in [-0.2, 0) is 9.53 Å². The summed E-state index contributed by atoms with van der Waals surface area (Å²) in [5.41, 5.74) is 0.239. The minimum atomic E-state index is 0.0819. The van der Waals surface area contributed by atoms with Crippen LogP contribution in [0.5, 0.6) is 0 Å². The molecule has 0 bridgehead atoms. The van der Waals surface area contributed by atoms with Crippen LogP contribution in [0.25, 0.3) is 0 Å². The number of amides is 1. The largest absolute Gasteiger partial charge is 0.381 e. The molecule has 82 valence electrons. The van der Waals surface area contributed by atoms with Gasteiger partial charge in [-0.05, 0) is 18.3 Å². The number of rotatable bonds is 3. The molecule has 0 atom stereocenters. The maximum absolute atomic E-state index is 11.4. The molecule has 0 aliphatic carbocycles. The molecule has 1 rings (SSSR count). The first-order chi connectivity index (χ1) is 6.53. The van der Waals surface area contributed by atoms with Crippen LogP contribution in [0.15, 0.2) is 0 Å². The summed E-state index contributed by atoms with van der Waals surface area (Å²) in [7, 11) is 0. The number of carbonyl (C=O) groups excluding carboxylic acids is 1. The topological polar surface area (TPSA) is 38.3 Å². The van der Waals surface area contributed by atoms with Gasteiger partial charge in [0.25, 0.3) is 0 Å². The SMILES string of the molecule is CC(C)C(=O)NCC1(C)CCOCC1. The third-order valence-corrected chi connectivity index (χ3v) is 2.91. The zero-order valence-electron chi connectivity index (χ0n) is 9.43. The molecule has 0 aromatic heterocycles. The number of hydrogen-bond acceptors (Lipinski definition) is 2. The lowest BCUT2D eigenvalue weighted by Gasteiger charge is -2.33. The number of hydrogen-bond donors (Lipinski definition) is 1. The summed E-state index contributed by atoms with van der Waals surface area (Å²) in [6.45, 7) is 8.49. The van der Waals surface area contributed by atoms with E-state index >= 15 is 0 Å². The highest BCUT2D eigenvalue weighted by molar-refractivity contribution is 5.77. The fourth-order valence-corrected chi connectivity index (χ4v) is 1.55. The summed E-state index contributed by atoms with van der Waals surface area (Å²) in [4.78, 5) is 11.4. The highest BCUT2D eigenvalue weighted by Crippen LogP contribution is 2.28. The molecule has 3 heteroatoms. The Hall–Kier alpha value is -0.570. The van der Waals surface area contributed by atoms with E-state index in [1.165, 1.54) is 0 Å². The van der Waals surface area contributed by atoms with E-state index < -0.39 is 0 Å². The van der Waals surface area contributed by atoms with Crippen LogP contribution in [-0.4, -0.2) is 25.7 Å². The fourth-order valence-electron chi connectivity index (χ4n) is 1.55. The van der Waals surface area contributed by atoms with Gasteiger partial charge in [-0.3, -0.25) is 4.79 Å². The Balaban J connectivity index is 2.32. The molecule has 1 heterocycles. The molecule has 0 unspecified atom stereocenters. The van der Waals surface area contributed by atoms with Crippen molar-refractivity contribution in [3.8, 4) is 0 Å². The molecule has 0 saturated carbocycles. The molecule has 1 saturated heterocycles. The fraction of sp³-hybridized carbons (Fsp3) is 0.909. The van der Waals surface area contributed by atoms with Crippen molar-refractivity contribution in [2.24, 2.45) is 11.3 Å². The van der Waals surface area contributed by atoms with Gasteiger partial charge in [-0.1, -0.05) is 20.8 Å². The Morgan fingerprint density at radius 1 is 1.43 bits per heavy atom. The second-order valence-corrected chi connectivity index (χ2v) is 4.80. The standard InChI is InChI=1S/C11H21NO2/c1-9(2)10(13)12-8-11(3)4-6-14-7-5-11/h9H,4-8H2,1-3H3,(H,12,13). The van der Waals surface area contributed by atoms with E-state index in [0.717, 1.165) is 32.6 Å². The van der Waals surface area contributed by atoms with Gasteiger partial charge in [0.15, 0.2) is 0 Å². The smallest absolute Gasteiger partial charge is 0.222 e. The van der Waals surface area contributed by atoms with Gasteiger partial charge < -0.3 is 10.1 Å². The molecule has 0 spiro atoms. The van der Waals surface area contributed by atoms with E-state index in [1.807, 2.05) is 13.8 Å². The molecule has 1 N–H and O–H groups in total. The second-order valence-electron chi connectivity index (χ2n) is 4.80. The van der Waals surface area contributed by atoms with Gasteiger partial charge in [0.1, 0.15) is 0 Å². The minimum Gasteiger partial charge on any atom is -0.381 e. The van der Waals surface area contributed by atoms with Gasteiger partial charge >= 0.3 is 0 Å². The lowest BCUT2D eigenvalue weighted by molar-refractivity contribution is -0.124. The van der Waals surface area contributed by atoms with Crippen molar-refractivity contribution >= 4 is 5.91 Å². The Morgan fingerprint density at radius 2 is 2.00 bits per heavy atom. The molecule has 1 aliphatic heterocycles. The lowest BCUT2D eigenvalue weighted by atomic mass is 9.82. The van der Waals surface area contributed by atoms with Crippen molar-refractivity contribution < 1.29 is 9.53 Å². The van der Waals surface area contributed by atoms with Crippen LogP contribution in [0.2, 0.25) is 0 Å². The van der Waals surface area contributed by atoms with Crippen molar-refractivity contribution in [1.29, 1.82) is 0 Å². The molecule has 1 amide bonds. The molecule has 3 nitrogen and oxygen atoms in total. The van der Waals surface area contributed by atoms with Gasteiger partial charge in [-0.25, -0.2) is 0 Å². The summed E-state index contributed by atoms with van der Waals surface area (Å²) < 4.78 is 5.31. The van der Waals surface area contributed by atoms with Crippen LogP contribution in [0, 0.1) is 11.3 Å². The number of ether oxygens (including phenoxy) is 1. The Labute approximate surface area is 86.2 Å². The quantitative estimate of drug-likeness (QED) is 0.749. The van der Waals surface area contributed by atoms with E-state index in [4.69, 9.17) is 4.74 Å². The summed E-state index contributed by atoms with van der Waals surface area (Å²) in [6.07, 6.45) is 2.09. The van der Waals surface area contributed by atoms with Crippen molar-refractivity contribution in [2.45, 2.75) is 33.6 Å². The first kappa shape index (κ1) is 11.5. The zero-order chi connectivity index (χ0) is 10.6. The lowest BCUT2D eigenvalue weighted by Crippen LogP contribution is -2.40. The second kappa shape index (κ2) is 4.78. The van der Waals surface area contributed by atoms with Gasteiger partial charge in [0.05, 0.1) is 0 Å². The highest BCUT2D eigenvalue weighted by Gasteiger charge is 2.27. The van der Waals surface area contributed by atoms with E-state index in [1.54, 1.807) is 0 Å². The van der Waals surface area contributed by atoms with E-state index in [0.29, 0.717) is 0 Å². The average Bonchev–Trinajstić information content (AvgIpc) is 2.15. The number of nitrogens with one attached hydrogen (secondary N) is 1. The Bertz CT molecular complexity index is 195. The Morgan fingerprint density at radius 3 is 2.50 bits per heavy atom. The average molecular weight is 199 g/mol. The van der Waals surface area contributed by atoms with Crippen LogP contribution in [0.1, 0.15) is 33.6 Å². The van der Waals surface area contributed by atoms with Crippen molar-refractivity contribution in [2.75, 3.05) is 19.8 Å². The zero-order valence-corrected chi connectivity index (χ0v) is 9.43. The predicted molar refractivity (Wildman–Crippen MR) is 56.0 cm³/mol. The van der Waals surface area contributed by atoms with Crippen molar-refractivity contribution in [1.82, 2.24) is 5.32 Å². The molecular weight excluding hydrogens is 178 g/mol. The summed E-state index contributed by atoms with van der Waals surface area (Å²) in [5, 5.41) is 3.00. The Kier molecular flexibility index (Phi) is 3.93. The third kappa shape index (κ3) is 3.29. The molecule has 14 heavy (non-hydrogen) atoms. The molecular formula is C11H21NO2. The van der Waals surface area contributed by atoms with Crippen molar-refractivity contribution in [3.05, 3.63) is 0 Å². The first-order valence-electron chi connectivity index (χ1n) is 5.39. The van der Waals surface area contributed by atoms with Gasteiger partial charge in [-0.15, -0.1) is 0 Å². The van der Waals surface area contributed by atoms with E-state index in [9.17, 15) is 4.79 Å². The summed E-state index contributed by atoms with van der Waals surface area (Å²) >= 11 is 0. The first-order valence-corrected chi connectivity index (χ1v) is 5.39. The third-order valence-electron chi connectivity index (χ3n) is 2.91. The molecule has 0 aromatic rings. The van der Waals surface area contributed by atoms with Crippen LogP contribution in [0.4, 0.5) is 0 Å². The van der Waals surface area contributed by atoms with Crippen LogP contribution in [0.3, 0.4) is 0 Å². The summed E-state index contributed by atoms with van der Waals surface area (Å²) in [5.74, 6) is 0.233. The van der Waals surface area contributed by atoms with Crippen molar-refractivity contribution in [3.63, 3.8) is 0 Å². The van der Waals surface area contributed by atoms with Gasteiger partial charge in [0.2, 0.25) is 5.91 Å². The normalized spacial score (nSPS) is 20.9. The maximum Gasteiger partial charge on any atom is 0.222 e. The maximum atomic E-state index is 11.4. The minimum absolute atomic E-state index is 0.0819. The monoisotopic (exact) mass is 199 g/mol. The molecule has 1 aliphatic rings. The van der Waals surface area contributed by atoms with E-state index in [-0.39, 0.29) is 17.2 Å². The molecule has 0 radical (unpaired) electrons. The van der Waals surface area contributed by atoms with Crippen LogP contribution < -0.4 is 5.32 Å². The van der Waals surface area contributed by atoms with Crippen LogP contribution >= 0.6 is 0 Å². The number of carbonyl (C=O) groups is 1. The van der Waals surface area contributed by atoms with Gasteiger partial charge in [-0.2, -0.15) is 0 Å².